The van der Waals surface area contributed by atoms with Crippen LogP contribution in [-0.4, -0.2) is 25.8 Å². The Hall–Kier alpha value is -1.22. The predicted molar refractivity (Wildman–Crippen MR) is 70.4 cm³/mol. The molecule has 2 N–H and O–H groups in total. The lowest BCUT2D eigenvalue weighted by atomic mass is 10.0. The number of rotatable bonds is 2. The highest BCUT2D eigenvalue weighted by Crippen LogP contribution is 2.30. The number of hydrogen-bond acceptors (Lipinski definition) is 3. The summed E-state index contributed by atoms with van der Waals surface area (Å²) in [7, 11) is 0. The van der Waals surface area contributed by atoms with Crippen molar-refractivity contribution in [3.05, 3.63) is 23.8 Å². The average molecular weight is 232 g/mol. The first kappa shape index (κ1) is 10.9. The third-order valence-corrected chi connectivity index (χ3v) is 3.77. The Labute approximate surface area is 103 Å². The van der Waals surface area contributed by atoms with Crippen LogP contribution in [0.15, 0.2) is 18.2 Å². The van der Waals surface area contributed by atoms with E-state index in [4.69, 9.17) is 10.5 Å². The van der Waals surface area contributed by atoms with E-state index in [-0.39, 0.29) is 0 Å². The summed E-state index contributed by atoms with van der Waals surface area (Å²) < 4.78 is 5.73. The molecule has 1 aromatic rings. The fourth-order valence-corrected chi connectivity index (χ4v) is 2.89. The first-order valence-electron chi connectivity index (χ1n) is 6.58. The molecule has 2 aliphatic heterocycles. The van der Waals surface area contributed by atoms with Gasteiger partial charge in [0.05, 0.1) is 6.10 Å². The first-order chi connectivity index (χ1) is 8.33. The first-order valence-corrected chi connectivity index (χ1v) is 6.58. The minimum Gasteiger partial charge on any atom is -0.399 e. The highest BCUT2D eigenvalue weighted by molar-refractivity contribution is 5.62. The van der Waals surface area contributed by atoms with Gasteiger partial charge in [0.15, 0.2) is 0 Å². The van der Waals surface area contributed by atoms with Gasteiger partial charge in [-0.05, 0) is 43.4 Å². The van der Waals surface area contributed by atoms with Gasteiger partial charge in [0.1, 0.15) is 0 Å². The van der Waals surface area contributed by atoms with Crippen molar-refractivity contribution in [2.45, 2.75) is 31.8 Å². The van der Waals surface area contributed by atoms with Crippen molar-refractivity contribution in [3.63, 3.8) is 0 Å². The molecule has 0 amide bonds. The second-order valence-corrected chi connectivity index (χ2v) is 5.07. The zero-order chi connectivity index (χ0) is 11.7. The summed E-state index contributed by atoms with van der Waals surface area (Å²) in [5.74, 6) is 0. The lowest BCUT2D eigenvalue weighted by molar-refractivity contribution is 0.115. The summed E-state index contributed by atoms with van der Waals surface area (Å²) in [6, 6.07) is 6.30. The van der Waals surface area contributed by atoms with E-state index in [0.29, 0.717) is 6.10 Å². The van der Waals surface area contributed by atoms with E-state index in [9.17, 15) is 0 Å². The average Bonchev–Trinajstić information content (AvgIpc) is 2.83. The van der Waals surface area contributed by atoms with Crippen molar-refractivity contribution < 1.29 is 4.74 Å². The topological polar surface area (TPSA) is 38.5 Å². The molecule has 0 radical (unpaired) electrons. The lowest BCUT2D eigenvalue weighted by Gasteiger charge is -2.33. The Bertz CT molecular complexity index is 399. The second-order valence-electron chi connectivity index (χ2n) is 5.07. The van der Waals surface area contributed by atoms with Crippen LogP contribution >= 0.6 is 0 Å². The molecule has 1 unspecified atom stereocenters. The molecule has 0 aromatic heterocycles. The van der Waals surface area contributed by atoms with Crippen molar-refractivity contribution in [1.29, 1.82) is 0 Å². The number of nitrogens with two attached hydrogens (primary N) is 1. The minimum absolute atomic E-state index is 0.419. The number of nitrogen functional groups attached to an aromatic ring is 1. The number of benzene rings is 1. The Kier molecular flexibility index (Phi) is 2.93. The van der Waals surface area contributed by atoms with Crippen molar-refractivity contribution >= 4 is 11.4 Å². The second kappa shape index (κ2) is 4.57. The summed E-state index contributed by atoms with van der Waals surface area (Å²) in [4.78, 5) is 2.45. The third-order valence-electron chi connectivity index (χ3n) is 3.77. The van der Waals surface area contributed by atoms with Crippen LogP contribution in [0.4, 0.5) is 11.4 Å². The molecule has 0 aliphatic carbocycles. The lowest BCUT2D eigenvalue weighted by Crippen LogP contribution is -2.36. The molecule has 0 saturated carbocycles. The van der Waals surface area contributed by atoms with Gasteiger partial charge >= 0.3 is 0 Å². The molecule has 0 spiro atoms. The van der Waals surface area contributed by atoms with E-state index in [1.54, 1.807) is 0 Å². The van der Waals surface area contributed by atoms with E-state index in [1.807, 2.05) is 6.07 Å². The number of hydrogen-bond donors (Lipinski definition) is 1. The van der Waals surface area contributed by atoms with Gasteiger partial charge in [-0.25, -0.2) is 0 Å². The van der Waals surface area contributed by atoms with E-state index >= 15 is 0 Å². The predicted octanol–water partition coefficient (Wildman–Crippen LogP) is 2.20. The van der Waals surface area contributed by atoms with E-state index < -0.39 is 0 Å². The fourth-order valence-electron chi connectivity index (χ4n) is 2.89. The number of aryl methyl sites for hydroxylation is 1. The number of anilines is 2. The van der Waals surface area contributed by atoms with E-state index in [2.05, 4.69) is 17.0 Å². The van der Waals surface area contributed by atoms with Gasteiger partial charge in [-0.15, -0.1) is 0 Å². The SMILES string of the molecule is Nc1ccc2c(c1)N(CC1CCCO1)CCC2. The molecule has 1 fully saturated rings. The normalized spacial score (nSPS) is 23.8. The molecule has 2 heterocycles. The van der Waals surface area contributed by atoms with Crippen LogP contribution < -0.4 is 10.6 Å². The summed E-state index contributed by atoms with van der Waals surface area (Å²) in [6.45, 7) is 3.09. The van der Waals surface area contributed by atoms with Crippen LogP contribution in [-0.2, 0) is 11.2 Å². The number of nitrogens with zero attached hydrogens (tertiary/aromatic N) is 1. The largest absolute Gasteiger partial charge is 0.399 e. The maximum atomic E-state index is 5.89. The van der Waals surface area contributed by atoms with Gasteiger partial charge in [0.25, 0.3) is 0 Å². The van der Waals surface area contributed by atoms with Crippen LogP contribution in [0.2, 0.25) is 0 Å². The molecular formula is C14H20N2O. The monoisotopic (exact) mass is 232 g/mol. The molecule has 3 heteroatoms. The summed E-state index contributed by atoms with van der Waals surface area (Å²) in [5, 5.41) is 0. The quantitative estimate of drug-likeness (QED) is 0.794. The van der Waals surface area contributed by atoms with Crippen molar-refractivity contribution in [1.82, 2.24) is 0 Å². The van der Waals surface area contributed by atoms with Crippen molar-refractivity contribution in [3.8, 4) is 0 Å². The molecule has 17 heavy (non-hydrogen) atoms. The third kappa shape index (κ3) is 2.25. The Morgan fingerprint density at radius 3 is 3.12 bits per heavy atom. The zero-order valence-electron chi connectivity index (χ0n) is 10.2. The molecule has 3 rings (SSSR count). The Balaban J connectivity index is 1.80. The minimum atomic E-state index is 0.419. The molecule has 1 aromatic carbocycles. The summed E-state index contributed by atoms with van der Waals surface area (Å²) >= 11 is 0. The maximum Gasteiger partial charge on any atom is 0.0750 e. The summed E-state index contributed by atoms with van der Waals surface area (Å²) in [6.07, 6.45) is 5.25. The smallest absolute Gasteiger partial charge is 0.0750 e. The van der Waals surface area contributed by atoms with Gasteiger partial charge in [0, 0.05) is 31.1 Å². The Morgan fingerprint density at radius 2 is 2.29 bits per heavy atom. The van der Waals surface area contributed by atoms with E-state index in [1.165, 1.54) is 36.9 Å². The molecular weight excluding hydrogens is 212 g/mol. The molecule has 1 saturated heterocycles. The van der Waals surface area contributed by atoms with Crippen LogP contribution in [0, 0.1) is 0 Å². The van der Waals surface area contributed by atoms with Crippen LogP contribution in [0.1, 0.15) is 24.8 Å². The molecule has 3 nitrogen and oxygen atoms in total. The van der Waals surface area contributed by atoms with Crippen LogP contribution in [0.3, 0.4) is 0 Å². The molecule has 92 valence electrons. The summed E-state index contributed by atoms with van der Waals surface area (Å²) in [5.41, 5.74) is 9.52. The van der Waals surface area contributed by atoms with Crippen LogP contribution in [0.25, 0.3) is 0 Å². The van der Waals surface area contributed by atoms with Crippen molar-refractivity contribution in [2.24, 2.45) is 0 Å². The van der Waals surface area contributed by atoms with Gasteiger partial charge in [0.2, 0.25) is 0 Å². The fraction of sp³-hybridized carbons (Fsp3) is 0.571. The highest BCUT2D eigenvalue weighted by atomic mass is 16.5. The van der Waals surface area contributed by atoms with Gasteiger partial charge in [-0.2, -0.15) is 0 Å². The molecule has 1 atom stereocenters. The van der Waals surface area contributed by atoms with Crippen molar-refractivity contribution in [2.75, 3.05) is 30.3 Å². The highest BCUT2D eigenvalue weighted by Gasteiger charge is 2.23. The van der Waals surface area contributed by atoms with Crippen LogP contribution in [0.5, 0.6) is 0 Å². The Morgan fingerprint density at radius 1 is 1.35 bits per heavy atom. The van der Waals surface area contributed by atoms with E-state index in [0.717, 1.165) is 25.4 Å². The zero-order valence-corrected chi connectivity index (χ0v) is 10.2. The number of fused-ring (bicyclic) bond motifs is 1. The standard InChI is InChI=1S/C14H20N2O/c15-12-6-5-11-3-1-7-16(14(11)9-12)10-13-4-2-8-17-13/h5-6,9,13H,1-4,7-8,10,15H2. The number of ether oxygens (including phenoxy) is 1. The maximum absolute atomic E-state index is 5.89. The van der Waals surface area contributed by atoms with Gasteiger partial charge in [-0.1, -0.05) is 6.07 Å². The molecule has 0 bridgehead atoms. The van der Waals surface area contributed by atoms with Gasteiger partial charge < -0.3 is 15.4 Å². The molecule has 2 aliphatic rings. The van der Waals surface area contributed by atoms with Gasteiger partial charge in [-0.3, -0.25) is 0 Å².